The van der Waals surface area contributed by atoms with E-state index in [1.807, 2.05) is 18.2 Å². The van der Waals surface area contributed by atoms with Gasteiger partial charge in [-0.05, 0) is 135 Å². The number of aliphatic hydroxyl groups is 1. The molecule has 0 radical (unpaired) electrons. The number of esters is 4. The second-order valence-corrected chi connectivity index (χ2v) is 26.7. The first-order valence-electron chi connectivity index (χ1n) is 36.4. The summed E-state index contributed by atoms with van der Waals surface area (Å²) in [6.07, 6.45) is 74.9. The van der Waals surface area contributed by atoms with Crippen LogP contribution >= 0.6 is 15.6 Å². The summed E-state index contributed by atoms with van der Waals surface area (Å²) >= 11 is 0. The highest BCUT2D eigenvalue weighted by atomic mass is 31.2. The third kappa shape index (κ3) is 67.8. The summed E-state index contributed by atoms with van der Waals surface area (Å²) in [5.41, 5.74) is 0. The van der Waals surface area contributed by atoms with Crippen molar-refractivity contribution < 1.29 is 80.2 Å². The van der Waals surface area contributed by atoms with Gasteiger partial charge in [0.15, 0.2) is 12.2 Å². The van der Waals surface area contributed by atoms with Crippen LogP contribution in [0.2, 0.25) is 0 Å². The number of ether oxygens (including phenoxy) is 4. The Balaban J connectivity index is 5.45. The van der Waals surface area contributed by atoms with E-state index in [-0.39, 0.29) is 25.7 Å². The molecular formula is C77H128O17P2. The number of carbonyl (C=O) groups is 4. The second-order valence-electron chi connectivity index (χ2n) is 23.8. The van der Waals surface area contributed by atoms with Crippen molar-refractivity contribution >= 4 is 39.5 Å². The topological polar surface area (TPSA) is 237 Å². The number of phosphoric ester groups is 2. The Morgan fingerprint density at radius 1 is 0.312 bits per heavy atom. The van der Waals surface area contributed by atoms with Gasteiger partial charge in [0.05, 0.1) is 32.8 Å². The predicted molar refractivity (Wildman–Crippen MR) is 390 cm³/mol. The molecule has 0 aromatic carbocycles. The van der Waals surface area contributed by atoms with Gasteiger partial charge in [0.2, 0.25) is 0 Å². The van der Waals surface area contributed by atoms with Crippen molar-refractivity contribution in [1.29, 1.82) is 0 Å². The highest BCUT2D eigenvalue weighted by Crippen LogP contribution is 2.45. The largest absolute Gasteiger partial charge is 0.472 e. The Bertz CT molecular complexity index is 2350. The lowest BCUT2D eigenvalue weighted by Crippen LogP contribution is -2.30. The van der Waals surface area contributed by atoms with Crippen LogP contribution in [0.5, 0.6) is 0 Å². The molecule has 5 atom stereocenters. The Morgan fingerprint density at radius 2 is 0.604 bits per heavy atom. The number of phosphoric acid groups is 2. The minimum atomic E-state index is -5.00. The summed E-state index contributed by atoms with van der Waals surface area (Å²) in [5, 5.41) is 10.6. The normalized spacial score (nSPS) is 14.8. The van der Waals surface area contributed by atoms with Gasteiger partial charge in [0.25, 0.3) is 0 Å². The molecule has 3 N–H and O–H groups in total. The molecule has 0 aliphatic rings. The molecular weight excluding hydrogens is 1260 g/mol. The zero-order valence-electron chi connectivity index (χ0n) is 59.5. The summed E-state index contributed by atoms with van der Waals surface area (Å²) in [6.45, 7) is 4.38. The first-order chi connectivity index (χ1) is 46.7. The average molecular weight is 1390 g/mol. The fraction of sp³-hybridized carbons (Fsp3) is 0.662. The van der Waals surface area contributed by atoms with E-state index in [0.717, 1.165) is 167 Å². The van der Waals surface area contributed by atoms with Crippen molar-refractivity contribution in [2.24, 2.45) is 0 Å². The number of rotatable bonds is 67. The van der Waals surface area contributed by atoms with E-state index in [4.69, 9.17) is 37.0 Å². The van der Waals surface area contributed by atoms with Gasteiger partial charge in [-0.25, -0.2) is 9.13 Å². The third-order valence-corrected chi connectivity index (χ3v) is 16.5. The Hall–Kier alpha value is -4.80. The van der Waals surface area contributed by atoms with Crippen molar-refractivity contribution in [3.8, 4) is 0 Å². The molecule has 17 nitrogen and oxygen atoms in total. The van der Waals surface area contributed by atoms with E-state index < -0.39 is 97.5 Å². The number of allylic oxidation sites excluding steroid dienone is 21. The molecule has 0 aliphatic carbocycles. The van der Waals surface area contributed by atoms with E-state index in [9.17, 15) is 43.2 Å². The maximum absolute atomic E-state index is 13.0. The van der Waals surface area contributed by atoms with E-state index in [0.29, 0.717) is 25.7 Å². The van der Waals surface area contributed by atoms with E-state index in [2.05, 4.69) is 137 Å². The number of aliphatic hydroxyl groups excluding tert-OH is 1. The lowest BCUT2D eigenvalue weighted by Gasteiger charge is -2.21. The number of unbranched alkanes of at least 4 members (excludes halogenated alkanes) is 20. The Labute approximate surface area is 580 Å². The van der Waals surface area contributed by atoms with Crippen LogP contribution in [-0.4, -0.2) is 96.7 Å². The van der Waals surface area contributed by atoms with Crippen molar-refractivity contribution in [3.63, 3.8) is 0 Å². The minimum Gasteiger partial charge on any atom is -0.462 e. The van der Waals surface area contributed by atoms with E-state index in [1.54, 1.807) is 6.08 Å². The van der Waals surface area contributed by atoms with Crippen molar-refractivity contribution in [3.05, 3.63) is 134 Å². The van der Waals surface area contributed by atoms with Gasteiger partial charge < -0.3 is 33.8 Å². The maximum atomic E-state index is 13.0. The van der Waals surface area contributed by atoms with Gasteiger partial charge >= 0.3 is 39.5 Å². The fourth-order valence-electron chi connectivity index (χ4n) is 9.10. The van der Waals surface area contributed by atoms with Crippen LogP contribution in [0.25, 0.3) is 0 Å². The highest BCUT2D eigenvalue weighted by Gasteiger charge is 2.30. The third-order valence-electron chi connectivity index (χ3n) is 14.6. The SMILES string of the molecule is CC/C=C\C/C=C\C/C=C\C/C=C\C/C=C\CC(=O)OCC(COP(=O)(O)OCC(O)COP(=O)(O)OCC(COC(=O)CCCCCCC/C=C\C/C=C\CCC)OC(=O)CCCCCCC/C=C\CCCCCC)OC(=O)CCCCCCC/C=C\C/C=C\C/C=C\CC. The van der Waals surface area contributed by atoms with Crippen LogP contribution in [0.3, 0.4) is 0 Å². The van der Waals surface area contributed by atoms with Gasteiger partial charge in [0.1, 0.15) is 19.3 Å². The molecule has 0 aromatic heterocycles. The molecule has 0 spiro atoms. The molecule has 0 aromatic rings. The second kappa shape index (κ2) is 68.7. The monoisotopic (exact) mass is 1390 g/mol. The van der Waals surface area contributed by atoms with Crippen LogP contribution in [0.1, 0.15) is 272 Å². The van der Waals surface area contributed by atoms with Gasteiger partial charge in [-0.1, -0.05) is 245 Å². The quantitative estimate of drug-likeness (QED) is 0.0169. The highest BCUT2D eigenvalue weighted by molar-refractivity contribution is 7.47. The maximum Gasteiger partial charge on any atom is 0.472 e. The van der Waals surface area contributed by atoms with E-state index in [1.165, 1.54) is 25.7 Å². The lowest BCUT2D eigenvalue weighted by atomic mass is 10.1. The smallest absolute Gasteiger partial charge is 0.462 e. The zero-order chi connectivity index (χ0) is 70.4. The Kier molecular flexibility index (Phi) is 65.3. The summed E-state index contributed by atoms with van der Waals surface area (Å²) in [4.78, 5) is 72.6. The van der Waals surface area contributed by atoms with Gasteiger partial charge in [-0.15, -0.1) is 0 Å². The van der Waals surface area contributed by atoms with Crippen molar-refractivity contribution in [2.45, 2.75) is 290 Å². The number of hydrogen-bond acceptors (Lipinski definition) is 15. The van der Waals surface area contributed by atoms with E-state index >= 15 is 0 Å². The molecule has 0 rings (SSSR count). The van der Waals surface area contributed by atoms with Gasteiger partial charge in [-0.3, -0.25) is 37.3 Å². The van der Waals surface area contributed by atoms with Crippen LogP contribution in [0.15, 0.2) is 134 Å². The molecule has 19 heteroatoms. The molecule has 0 saturated carbocycles. The first-order valence-corrected chi connectivity index (χ1v) is 39.4. The molecule has 0 aliphatic heterocycles. The van der Waals surface area contributed by atoms with Crippen LogP contribution < -0.4 is 0 Å². The molecule has 0 heterocycles. The molecule has 96 heavy (non-hydrogen) atoms. The molecule has 5 unspecified atom stereocenters. The fourth-order valence-corrected chi connectivity index (χ4v) is 10.7. The van der Waals surface area contributed by atoms with Crippen LogP contribution in [0.4, 0.5) is 0 Å². The minimum absolute atomic E-state index is 0.0522. The molecule has 548 valence electrons. The van der Waals surface area contributed by atoms with Crippen molar-refractivity contribution in [2.75, 3.05) is 39.6 Å². The van der Waals surface area contributed by atoms with Crippen LogP contribution in [-0.2, 0) is 65.4 Å². The number of carbonyl (C=O) groups excluding carboxylic acids is 4. The summed E-state index contributed by atoms with van der Waals surface area (Å²) < 4.78 is 68.2. The first kappa shape index (κ1) is 91.2. The molecule has 0 bridgehead atoms. The summed E-state index contributed by atoms with van der Waals surface area (Å²) in [5.74, 6) is -2.37. The molecule has 0 fully saturated rings. The number of hydrogen-bond donors (Lipinski definition) is 3. The zero-order valence-corrected chi connectivity index (χ0v) is 61.3. The Morgan fingerprint density at radius 3 is 0.979 bits per heavy atom. The lowest BCUT2D eigenvalue weighted by molar-refractivity contribution is -0.161. The predicted octanol–water partition coefficient (Wildman–Crippen LogP) is 20.5. The standard InChI is InChI=1S/C77H128O17P2/c1-5-9-13-17-21-25-29-33-35-39-42-46-50-54-58-62-75(80)88-68-73(94-77(82)64-60-56-52-48-44-40-36-34-30-26-22-18-14-10-6-2)70-92-96(85,86)90-66-71(78)65-89-95(83,84)91-69-72(93-76(81)63-59-55-51-47-43-38-32-28-24-20-16-12-8-4)67-87-74(79)61-57-53-49-45-41-37-31-27-23-19-15-11-7-3/h9-10,13-15,19,21-22,25-28,31-36,42,46,54,58,71-73,78H,5-8,11-12,16-18,20,23-24,29-30,37-41,43-45,47-53,55-57,59-70H2,1-4H3,(H,83,84)(H,85,86)/b13-9-,14-10-,19-15-,25-21-,26-22-,31-27-,32-28-,35-33-,36-34-,46-42-,58-54-. The molecule has 0 amide bonds. The van der Waals surface area contributed by atoms with Crippen LogP contribution in [0, 0.1) is 0 Å². The summed E-state index contributed by atoms with van der Waals surface area (Å²) in [6, 6.07) is 0. The summed E-state index contributed by atoms with van der Waals surface area (Å²) in [7, 11) is -9.98. The van der Waals surface area contributed by atoms with Gasteiger partial charge in [-0.2, -0.15) is 0 Å². The average Bonchev–Trinajstić information content (AvgIpc) is 1.36. The molecule has 0 saturated heterocycles. The van der Waals surface area contributed by atoms with Crippen molar-refractivity contribution in [1.82, 2.24) is 0 Å². The van der Waals surface area contributed by atoms with Gasteiger partial charge in [0, 0.05) is 19.3 Å².